The first kappa shape index (κ1) is 7.78. The Balaban J connectivity index is 3.10. The molecule has 0 spiro atoms. The second kappa shape index (κ2) is 2.73. The first-order chi connectivity index (χ1) is 5.16. The van der Waals surface area contributed by atoms with Crippen molar-refractivity contribution in [3.8, 4) is 0 Å². The Morgan fingerprint density at radius 3 is 2.73 bits per heavy atom. The van der Waals surface area contributed by atoms with Crippen molar-refractivity contribution in [2.45, 2.75) is 13.7 Å². The van der Waals surface area contributed by atoms with Crippen LogP contribution < -0.4 is 0 Å². The van der Waals surface area contributed by atoms with Crippen molar-refractivity contribution in [1.29, 1.82) is 0 Å². The molecule has 0 aliphatic carbocycles. The molecular formula is C5H8BN3O2. The smallest absolute Gasteiger partial charge is 0.308 e. The molecule has 58 valence electrons. The fourth-order valence-corrected chi connectivity index (χ4v) is 0.935. The lowest BCUT2D eigenvalue weighted by molar-refractivity contribution is -0.385. The van der Waals surface area contributed by atoms with E-state index >= 15 is 0 Å². The molecule has 5 nitrogen and oxygen atoms in total. The molecule has 0 unspecified atom stereocenters. The Labute approximate surface area is 64.4 Å². The van der Waals surface area contributed by atoms with Gasteiger partial charge in [-0.1, -0.05) is 6.82 Å². The monoisotopic (exact) mass is 153 g/mol. The normalized spacial score (nSPS) is 9.64. The highest BCUT2D eigenvalue weighted by Gasteiger charge is 2.14. The molecular weight excluding hydrogens is 145 g/mol. The van der Waals surface area contributed by atoms with Crippen molar-refractivity contribution < 1.29 is 4.92 Å². The summed E-state index contributed by atoms with van der Waals surface area (Å²) in [7, 11) is 0.666. The minimum atomic E-state index is -0.422. The second-order valence-electron chi connectivity index (χ2n) is 2.19. The number of hydrogen-bond donors (Lipinski definition) is 0. The van der Waals surface area contributed by atoms with E-state index < -0.39 is 4.92 Å². The zero-order chi connectivity index (χ0) is 8.43. The summed E-state index contributed by atoms with van der Waals surface area (Å²) in [4.78, 5) is 9.88. The maximum Gasteiger partial charge on any atom is 0.308 e. The van der Waals surface area contributed by atoms with Crippen molar-refractivity contribution in [2.75, 3.05) is 0 Å². The molecule has 0 saturated carbocycles. The van der Waals surface area contributed by atoms with Gasteiger partial charge in [-0.25, -0.2) is 0 Å². The fourth-order valence-electron chi connectivity index (χ4n) is 0.935. The minimum absolute atomic E-state index is 0.0897. The Morgan fingerprint density at radius 1 is 1.82 bits per heavy atom. The van der Waals surface area contributed by atoms with Crippen LogP contribution in [0.2, 0.25) is 6.82 Å². The molecule has 0 aliphatic heterocycles. The molecule has 1 rings (SSSR count). The zero-order valence-corrected chi connectivity index (χ0v) is 6.44. The van der Waals surface area contributed by atoms with Gasteiger partial charge in [-0.05, 0) is 6.92 Å². The molecule has 1 heterocycles. The largest absolute Gasteiger partial charge is 0.313 e. The Bertz CT molecular complexity index is 283. The van der Waals surface area contributed by atoms with E-state index in [-0.39, 0.29) is 5.69 Å². The van der Waals surface area contributed by atoms with Gasteiger partial charge in [-0.3, -0.25) is 10.1 Å². The van der Waals surface area contributed by atoms with Gasteiger partial charge < -0.3 is 4.59 Å². The van der Waals surface area contributed by atoms with Crippen LogP contribution in [0.3, 0.4) is 0 Å². The highest BCUT2D eigenvalue weighted by molar-refractivity contribution is 6.31. The third-order valence-corrected chi connectivity index (χ3v) is 1.57. The van der Waals surface area contributed by atoms with Crippen molar-refractivity contribution in [1.82, 2.24) is 9.69 Å². The second-order valence-corrected chi connectivity index (χ2v) is 2.19. The van der Waals surface area contributed by atoms with Crippen molar-refractivity contribution in [3.05, 3.63) is 22.0 Å². The van der Waals surface area contributed by atoms with E-state index in [1.54, 1.807) is 11.5 Å². The summed E-state index contributed by atoms with van der Waals surface area (Å²) >= 11 is 0. The lowest BCUT2D eigenvalue weighted by atomic mass is 10.0. The highest BCUT2D eigenvalue weighted by atomic mass is 16.6. The van der Waals surface area contributed by atoms with Crippen LogP contribution in [0.5, 0.6) is 0 Å². The van der Waals surface area contributed by atoms with Crippen LogP contribution in [0.15, 0.2) is 6.20 Å². The highest BCUT2D eigenvalue weighted by Crippen LogP contribution is 2.14. The molecule has 0 N–H and O–H groups in total. The van der Waals surface area contributed by atoms with Gasteiger partial charge in [0.2, 0.25) is 0 Å². The minimum Gasteiger partial charge on any atom is -0.313 e. The lowest BCUT2D eigenvalue weighted by Gasteiger charge is -1.94. The van der Waals surface area contributed by atoms with Crippen LogP contribution >= 0.6 is 0 Å². The van der Waals surface area contributed by atoms with Gasteiger partial charge in [0.25, 0.3) is 7.41 Å². The summed E-state index contributed by atoms with van der Waals surface area (Å²) in [5.74, 6) is 0. The standard InChI is InChI=1S/C5H8BN3O2/c1-4-5(9(10)11)3-7-8(4)6-2/h3,6H,1-2H3. The van der Waals surface area contributed by atoms with Crippen LogP contribution in [0.25, 0.3) is 0 Å². The van der Waals surface area contributed by atoms with E-state index in [0.29, 0.717) is 13.1 Å². The molecule has 0 bridgehead atoms. The van der Waals surface area contributed by atoms with E-state index in [1.165, 1.54) is 6.20 Å². The molecule has 0 aliphatic rings. The third kappa shape index (κ3) is 1.24. The molecule has 1 aromatic rings. The number of nitrogens with zero attached hydrogens (tertiary/aromatic N) is 3. The predicted octanol–water partition coefficient (Wildman–Crippen LogP) is 0.347. The molecule has 0 aromatic carbocycles. The zero-order valence-electron chi connectivity index (χ0n) is 6.44. The van der Waals surface area contributed by atoms with E-state index in [0.717, 1.165) is 0 Å². The van der Waals surface area contributed by atoms with Gasteiger partial charge in [0.15, 0.2) is 0 Å². The molecule has 6 heteroatoms. The Hall–Kier alpha value is -1.33. The average molecular weight is 153 g/mol. The SMILES string of the molecule is CBn1ncc([N+](=O)[O-])c1C. The van der Waals surface area contributed by atoms with Crippen molar-refractivity contribution >= 4 is 13.1 Å². The molecule has 0 atom stereocenters. The molecule has 0 amide bonds. The van der Waals surface area contributed by atoms with Crippen LogP contribution in [0, 0.1) is 17.0 Å². The Kier molecular flexibility index (Phi) is 1.93. The maximum absolute atomic E-state index is 10.3. The quantitative estimate of drug-likeness (QED) is 0.349. The maximum atomic E-state index is 10.3. The molecule has 0 fully saturated rings. The third-order valence-electron chi connectivity index (χ3n) is 1.57. The Morgan fingerprint density at radius 2 is 2.45 bits per heavy atom. The van der Waals surface area contributed by atoms with Gasteiger partial charge >= 0.3 is 5.69 Å². The van der Waals surface area contributed by atoms with Gasteiger partial charge in [0, 0.05) is 0 Å². The summed E-state index contributed by atoms with van der Waals surface area (Å²) in [6, 6.07) is 0. The van der Waals surface area contributed by atoms with E-state index in [1.807, 2.05) is 6.82 Å². The molecule has 0 saturated heterocycles. The predicted molar refractivity (Wildman–Crippen MR) is 42.0 cm³/mol. The van der Waals surface area contributed by atoms with E-state index in [2.05, 4.69) is 5.10 Å². The van der Waals surface area contributed by atoms with Crippen LogP contribution in [-0.4, -0.2) is 22.0 Å². The number of hydrogen-bond acceptors (Lipinski definition) is 3. The number of rotatable bonds is 2. The summed E-state index contributed by atoms with van der Waals surface area (Å²) in [6.07, 6.45) is 1.28. The summed E-state index contributed by atoms with van der Waals surface area (Å²) < 4.78 is 1.60. The van der Waals surface area contributed by atoms with Crippen molar-refractivity contribution in [3.63, 3.8) is 0 Å². The van der Waals surface area contributed by atoms with Gasteiger partial charge in [0.05, 0.1) is 10.6 Å². The van der Waals surface area contributed by atoms with Gasteiger partial charge in [-0.15, -0.1) is 0 Å². The fraction of sp³-hybridized carbons (Fsp3) is 0.400. The molecule has 11 heavy (non-hydrogen) atoms. The lowest BCUT2D eigenvalue weighted by Crippen LogP contribution is -2.05. The number of nitro groups is 1. The average Bonchev–Trinajstić information content (AvgIpc) is 2.30. The summed E-state index contributed by atoms with van der Waals surface area (Å²) in [6.45, 7) is 3.58. The molecule has 0 radical (unpaired) electrons. The van der Waals surface area contributed by atoms with Crippen LogP contribution in [0.4, 0.5) is 5.69 Å². The first-order valence-electron chi connectivity index (χ1n) is 3.33. The number of aromatic nitrogens is 2. The van der Waals surface area contributed by atoms with Crippen molar-refractivity contribution in [2.24, 2.45) is 0 Å². The van der Waals surface area contributed by atoms with Gasteiger partial charge in [0.1, 0.15) is 6.20 Å². The van der Waals surface area contributed by atoms with E-state index in [4.69, 9.17) is 0 Å². The topological polar surface area (TPSA) is 61.0 Å². The molecule has 1 aromatic heterocycles. The van der Waals surface area contributed by atoms with Gasteiger partial charge in [-0.2, -0.15) is 5.10 Å². The van der Waals surface area contributed by atoms with Crippen LogP contribution in [0.1, 0.15) is 5.69 Å². The first-order valence-corrected chi connectivity index (χ1v) is 3.33. The summed E-state index contributed by atoms with van der Waals surface area (Å²) in [5, 5.41) is 14.1. The van der Waals surface area contributed by atoms with Crippen LogP contribution in [-0.2, 0) is 0 Å². The van der Waals surface area contributed by atoms with E-state index in [9.17, 15) is 10.1 Å². The summed E-state index contributed by atoms with van der Waals surface area (Å²) in [5.41, 5.74) is 0.698.